The number of benzene rings is 2. The molecule has 8 nitrogen and oxygen atoms in total. The van der Waals surface area contributed by atoms with Crippen LogP contribution in [0.25, 0.3) is 0 Å². The molecule has 162 valence electrons. The number of aromatic nitrogens is 1. The first kappa shape index (κ1) is 21.3. The molecule has 1 aromatic heterocycles. The molecular formula is C21H21N3O5S2. The highest BCUT2D eigenvalue weighted by molar-refractivity contribution is 7.80. The van der Waals surface area contributed by atoms with Crippen LogP contribution in [0.4, 0.5) is 5.69 Å². The predicted octanol–water partition coefficient (Wildman–Crippen LogP) is 3.70. The summed E-state index contributed by atoms with van der Waals surface area (Å²) < 4.78 is 33.0. The van der Waals surface area contributed by atoms with E-state index in [1.807, 2.05) is 24.4 Å². The number of carbonyl (C=O) groups is 1. The zero-order valence-corrected chi connectivity index (χ0v) is 18.3. The van der Waals surface area contributed by atoms with Crippen LogP contribution in [0, 0.1) is 0 Å². The molecular weight excluding hydrogens is 438 g/mol. The van der Waals surface area contributed by atoms with Crippen molar-refractivity contribution in [1.29, 1.82) is 0 Å². The quantitative estimate of drug-likeness (QED) is 0.443. The summed E-state index contributed by atoms with van der Waals surface area (Å²) in [6.07, 6.45) is 1.34. The number of nitrogens with zero attached hydrogens (tertiary/aromatic N) is 1. The Bertz CT molecular complexity index is 1100. The van der Waals surface area contributed by atoms with Crippen LogP contribution < -0.4 is 19.5 Å². The number of hydrogen-bond acceptors (Lipinski definition) is 6. The lowest BCUT2D eigenvalue weighted by atomic mass is 10.0. The van der Waals surface area contributed by atoms with Crippen LogP contribution in [-0.2, 0) is 24.1 Å². The maximum absolute atomic E-state index is 13.0. The molecule has 0 fully saturated rings. The summed E-state index contributed by atoms with van der Waals surface area (Å²) in [5.74, 6) is 0.944. The molecule has 1 aliphatic heterocycles. The normalized spacial score (nSPS) is 14.1. The Morgan fingerprint density at radius 1 is 1.23 bits per heavy atom. The average Bonchev–Trinajstić information content (AvgIpc) is 3.43. The van der Waals surface area contributed by atoms with Gasteiger partial charge in [0.05, 0.1) is 11.7 Å². The average molecular weight is 460 g/mol. The summed E-state index contributed by atoms with van der Waals surface area (Å²) >= 11 is -0.611. The van der Waals surface area contributed by atoms with Crippen LogP contribution in [-0.4, -0.2) is 26.4 Å². The summed E-state index contributed by atoms with van der Waals surface area (Å²) in [4.78, 5) is 17.6. The molecule has 1 unspecified atom stereocenters. The van der Waals surface area contributed by atoms with Crippen LogP contribution in [0.1, 0.15) is 39.6 Å². The summed E-state index contributed by atoms with van der Waals surface area (Å²) in [5.41, 5.74) is 2.95. The van der Waals surface area contributed by atoms with E-state index in [2.05, 4.69) is 15.0 Å². The van der Waals surface area contributed by atoms with E-state index in [-0.39, 0.29) is 18.7 Å². The molecule has 0 radical (unpaired) electrons. The van der Waals surface area contributed by atoms with Gasteiger partial charge in [-0.1, -0.05) is 19.1 Å². The Balaban J connectivity index is 1.54. The third-order valence-corrected chi connectivity index (χ3v) is 6.19. The Kier molecular flexibility index (Phi) is 6.50. The van der Waals surface area contributed by atoms with Crippen LogP contribution in [0.2, 0.25) is 0 Å². The Labute approximate surface area is 186 Å². The van der Waals surface area contributed by atoms with Crippen LogP contribution in [0.5, 0.6) is 11.5 Å². The van der Waals surface area contributed by atoms with Gasteiger partial charge in [0.1, 0.15) is 5.01 Å². The number of ether oxygens (including phenoxy) is 2. The Morgan fingerprint density at radius 3 is 2.71 bits per heavy atom. The lowest BCUT2D eigenvalue weighted by Crippen LogP contribution is -2.30. The van der Waals surface area contributed by atoms with Crippen molar-refractivity contribution in [2.45, 2.75) is 25.8 Å². The number of fused-ring (bicyclic) bond motifs is 1. The molecule has 0 saturated carbocycles. The topological polar surface area (TPSA) is 110 Å². The lowest BCUT2D eigenvalue weighted by molar-refractivity contribution is 0.0936. The first-order valence-corrected chi connectivity index (χ1v) is 11.6. The highest BCUT2D eigenvalue weighted by Crippen LogP contribution is 2.33. The van der Waals surface area contributed by atoms with Gasteiger partial charge in [0, 0.05) is 16.6 Å². The Morgan fingerprint density at radius 2 is 2.00 bits per heavy atom. The van der Waals surface area contributed by atoms with Crippen LogP contribution >= 0.6 is 11.3 Å². The van der Waals surface area contributed by atoms with E-state index in [1.54, 1.807) is 30.3 Å². The SMILES string of the molecule is CCc1csc([C@H](Cc2ccc(NS(=O)O)cc2)NC(=O)c2ccc3c(c2)OCO3)n1. The number of thiazole rings is 1. The minimum atomic E-state index is -2.13. The minimum Gasteiger partial charge on any atom is -0.454 e. The largest absolute Gasteiger partial charge is 0.454 e. The number of rotatable bonds is 8. The number of nitrogens with one attached hydrogen (secondary N) is 2. The molecule has 1 amide bonds. The van der Waals surface area contributed by atoms with Crippen molar-refractivity contribution in [3.63, 3.8) is 0 Å². The molecule has 2 aromatic carbocycles. The maximum atomic E-state index is 13.0. The van der Waals surface area contributed by atoms with E-state index in [0.29, 0.717) is 29.2 Å². The van der Waals surface area contributed by atoms with E-state index >= 15 is 0 Å². The highest BCUT2D eigenvalue weighted by Gasteiger charge is 2.22. The van der Waals surface area contributed by atoms with Crippen molar-refractivity contribution in [3.05, 3.63) is 69.7 Å². The molecule has 2 atom stereocenters. The lowest BCUT2D eigenvalue weighted by Gasteiger charge is -2.17. The maximum Gasteiger partial charge on any atom is 0.259 e. The van der Waals surface area contributed by atoms with Crippen LogP contribution in [0.15, 0.2) is 47.8 Å². The molecule has 1 aliphatic rings. The smallest absolute Gasteiger partial charge is 0.259 e. The molecule has 0 spiro atoms. The summed E-state index contributed by atoms with van der Waals surface area (Å²) in [7, 11) is 0. The molecule has 0 aliphatic carbocycles. The molecule has 4 rings (SSSR count). The minimum absolute atomic E-state index is 0.149. The zero-order valence-electron chi connectivity index (χ0n) is 16.7. The molecule has 0 bridgehead atoms. The molecule has 3 N–H and O–H groups in total. The highest BCUT2D eigenvalue weighted by atomic mass is 32.2. The van der Waals surface area contributed by atoms with E-state index in [0.717, 1.165) is 22.7 Å². The molecule has 2 heterocycles. The number of anilines is 1. The predicted molar refractivity (Wildman–Crippen MR) is 119 cm³/mol. The van der Waals surface area contributed by atoms with Crippen molar-refractivity contribution < 1.29 is 23.0 Å². The number of carbonyl (C=O) groups excluding carboxylic acids is 1. The van der Waals surface area contributed by atoms with Gasteiger partial charge in [-0.15, -0.1) is 11.3 Å². The van der Waals surface area contributed by atoms with Crippen molar-refractivity contribution >= 4 is 34.2 Å². The fourth-order valence-corrected chi connectivity index (χ4v) is 4.46. The second-order valence-electron chi connectivity index (χ2n) is 6.88. The van der Waals surface area contributed by atoms with Gasteiger partial charge in [-0.25, -0.2) is 9.19 Å². The number of aryl methyl sites for hydroxylation is 1. The number of amides is 1. The Hall–Kier alpha value is -2.95. The fourth-order valence-electron chi connectivity index (χ4n) is 3.17. The van der Waals surface area contributed by atoms with Crippen molar-refractivity contribution in [1.82, 2.24) is 10.3 Å². The van der Waals surface area contributed by atoms with Gasteiger partial charge in [-0.2, -0.15) is 0 Å². The molecule has 31 heavy (non-hydrogen) atoms. The molecule has 0 saturated heterocycles. The van der Waals surface area contributed by atoms with Gasteiger partial charge in [0.25, 0.3) is 17.2 Å². The second kappa shape index (κ2) is 9.46. The van der Waals surface area contributed by atoms with Gasteiger partial charge in [0.2, 0.25) is 6.79 Å². The van der Waals surface area contributed by atoms with Crippen molar-refractivity contribution in [2.24, 2.45) is 0 Å². The van der Waals surface area contributed by atoms with Gasteiger partial charge in [0.15, 0.2) is 11.5 Å². The standard InChI is InChI=1S/C21H21N3O5S2/c1-2-15-11-30-21(22-15)17(9-13-3-6-16(7-4-13)24-31(26)27)23-20(25)14-5-8-18-19(10-14)29-12-28-18/h3-8,10-11,17,24H,2,9,12H2,1H3,(H,23,25)(H,26,27)/t17-/m0/s1. The monoisotopic (exact) mass is 459 g/mol. The van der Waals surface area contributed by atoms with E-state index in [1.165, 1.54) is 11.3 Å². The van der Waals surface area contributed by atoms with Crippen molar-refractivity contribution in [3.8, 4) is 11.5 Å². The van der Waals surface area contributed by atoms with E-state index < -0.39 is 11.3 Å². The summed E-state index contributed by atoms with van der Waals surface area (Å²) in [6, 6.07) is 11.9. The van der Waals surface area contributed by atoms with Crippen molar-refractivity contribution in [2.75, 3.05) is 11.5 Å². The van der Waals surface area contributed by atoms with Gasteiger partial charge < -0.3 is 14.8 Å². The first-order valence-electron chi connectivity index (χ1n) is 9.63. The van der Waals surface area contributed by atoms with Gasteiger partial charge >= 0.3 is 0 Å². The number of hydrogen-bond donors (Lipinski definition) is 3. The first-order chi connectivity index (χ1) is 15.0. The molecule has 3 aromatic rings. The van der Waals surface area contributed by atoms with E-state index in [4.69, 9.17) is 14.0 Å². The summed E-state index contributed by atoms with van der Waals surface area (Å²) in [5, 5.41) is 5.90. The van der Waals surface area contributed by atoms with Gasteiger partial charge in [-0.05, 0) is 48.7 Å². The van der Waals surface area contributed by atoms with E-state index in [9.17, 15) is 9.00 Å². The fraction of sp³-hybridized carbons (Fsp3) is 0.238. The zero-order chi connectivity index (χ0) is 21.8. The molecule has 10 heteroatoms. The van der Waals surface area contributed by atoms with Gasteiger partial charge in [-0.3, -0.25) is 14.1 Å². The van der Waals surface area contributed by atoms with Crippen LogP contribution in [0.3, 0.4) is 0 Å². The third-order valence-electron chi connectivity index (χ3n) is 4.77. The third kappa shape index (κ3) is 5.22. The summed E-state index contributed by atoms with van der Waals surface area (Å²) in [6.45, 7) is 2.19. The second-order valence-corrected chi connectivity index (χ2v) is 8.47.